The van der Waals surface area contributed by atoms with Crippen molar-refractivity contribution in [2.45, 2.75) is 13.1 Å². The fraction of sp³-hybridized carbons (Fsp3) is 0.125. The van der Waals surface area contributed by atoms with E-state index in [2.05, 4.69) is 106 Å². The van der Waals surface area contributed by atoms with Crippen LogP contribution in [0.4, 0.5) is 17.2 Å². The zero-order valence-corrected chi connectivity index (χ0v) is 23.1. The molecule has 0 spiro atoms. The normalized spacial score (nSPS) is 15.1. The number of fused-ring (bicyclic) bond motifs is 6. The molecule has 190 valence electrons. The quantitative estimate of drug-likeness (QED) is 0.263. The summed E-state index contributed by atoms with van der Waals surface area (Å²) in [4.78, 5) is 13.9. The van der Waals surface area contributed by atoms with Gasteiger partial charge in [0.2, 0.25) is 0 Å². The number of rotatable bonds is 3. The topological polar surface area (TPSA) is 46.4 Å². The summed E-state index contributed by atoms with van der Waals surface area (Å²) in [6.45, 7) is 5.60. The summed E-state index contributed by atoms with van der Waals surface area (Å²) in [5.41, 5.74) is 4.59. The molecular weight excluding hydrogens is 498 g/mol. The highest BCUT2D eigenvalue weighted by atomic mass is 28.3. The van der Waals surface area contributed by atoms with Crippen molar-refractivity contribution in [3.63, 3.8) is 0 Å². The van der Waals surface area contributed by atoms with Gasteiger partial charge in [0.15, 0.2) is 5.82 Å². The Hall–Kier alpha value is -4.62. The van der Waals surface area contributed by atoms with E-state index in [1.54, 1.807) is 0 Å². The summed E-state index contributed by atoms with van der Waals surface area (Å²) >= 11 is 0. The van der Waals surface area contributed by atoms with E-state index in [4.69, 9.17) is 9.72 Å². The van der Waals surface area contributed by atoms with Crippen LogP contribution >= 0.6 is 0 Å². The molecule has 3 aromatic heterocycles. The summed E-state index contributed by atoms with van der Waals surface area (Å²) in [6.07, 6.45) is 3.75. The van der Waals surface area contributed by atoms with E-state index in [0.29, 0.717) is 0 Å². The molecule has 0 unspecified atom stereocenters. The van der Waals surface area contributed by atoms with Gasteiger partial charge in [-0.25, -0.2) is 9.97 Å². The zero-order valence-electron chi connectivity index (χ0n) is 22.1. The van der Waals surface area contributed by atoms with Gasteiger partial charge in [-0.15, -0.1) is 0 Å². The third-order valence-electron chi connectivity index (χ3n) is 8.26. The lowest BCUT2D eigenvalue weighted by atomic mass is 10.1. The van der Waals surface area contributed by atoms with Crippen LogP contribution in [0.15, 0.2) is 97.3 Å². The van der Waals surface area contributed by atoms with Gasteiger partial charge in [0.1, 0.15) is 25.4 Å². The lowest BCUT2D eigenvalue weighted by Crippen LogP contribution is -2.57. The lowest BCUT2D eigenvalue weighted by Gasteiger charge is -2.31. The van der Waals surface area contributed by atoms with E-state index < -0.39 is 8.07 Å². The first-order chi connectivity index (χ1) is 19.0. The molecule has 2 aliphatic rings. The van der Waals surface area contributed by atoms with Gasteiger partial charge in [-0.1, -0.05) is 43.4 Å². The highest BCUT2D eigenvalue weighted by Gasteiger charge is 2.37. The molecule has 3 aromatic carbocycles. The number of aromatic nitrogens is 3. The molecule has 39 heavy (non-hydrogen) atoms. The van der Waals surface area contributed by atoms with Crippen molar-refractivity contribution in [3.05, 3.63) is 97.3 Å². The Kier molecular flexibility index (Phi) is 4.55. The van der Waals surface area contributed by atoms with E-state index in [1.807, 2.05) is 30.6 Å². The highest BCUT2D eigenvalue weighted by Crippen LogP contribution is 2.40. The Morgan fingerprint density at radius 1 is 0.744 bits per heavy atom. The number of nitrogens with zero attached hydrogens (tertiary/aromatic N) is 5. The Bertz CT molecular complexity index is 1950. The van der Waals surface area contributed by atoms with Crippen LogP contribution in [-0.2, 0) is 0 Å². The molecule has 0 radical (unpaired) electrons. The zero-order chi connectivity index (χ0) is 26.3. The number of ether oxygens (including phenoxy) is 1. The van der Waals surface area contributed by atoms with Gasteiger partial charge in [0.25, 0.3) is 0 Å². The molecule has 0 saturated carbocycles. The summed E-state index contributed by atoms with van der Waals surface area (Å²) in [5.74, 6) is 3.61. The Balaban J connectivity index is 1.24. The molecule has 0 amide bonds. The SMILES string of the molecule is CN1CN(c2cccc(Oc3ccc4c5cccc6c5n(c4c3)-c3ncccc3[Si]6(C)C)c2)c2ncccc21. The first-order valence-electron chi connectivity index (χ1n) is 13.3. The van der Waals surface area contributed by atoms with Crippen LogP contribution in [0.2, 0.25) is 13.1 Å². The largest absolute Gasteiger partial charge is 0.457 e. The molecule has 0 fully saturated rings. The van der Waals surface area contributed by atoms with Crippen LogP contribution in [0, 0.1) is 0 Å². The fourth-order valence-corrected chi connectivity index (χ4v) is 9.24. The molecule has 0 aliphatic carbocycles. The maximum absolute atomic E-state index is 6.49. The van der Waals surface area contributed by atoms with Crippen molar-refractivity contribution in [3.8, 4) is 17.3 Å². The summed E-state index contributed by atoms with van der Waals surface area (Å²) < 4.78 is 8.84. The van der Waals surface area contributed by atoms with Crippen molar-refractivity contribution in [1.29, 1.82) is 0 Å². The molecule has 0 bridgehead atoms. The summed E-state index contributed by atoms with van der Waals surface area (Å²) in [7, 11) is 0.213. The van der Waals surface area contributed by atoms with Gasteiger partial charge >= 0.3 is 0 Å². The number of hydrogen-bond acceptors (Lipinski definition) is 5. The second-order valence-electron chi connectivity index (χ2n) is 10.9. The molecule has 7 heteroatoms. The summed E-state index contributed by atoms with van der Waals surface area (Å²) in [5, 5.41) is 5.32. The third kappa shape index (κ3) is 3.14. The molecule has 0 saturated heterocycles. The first kappa shape index (κ1) is 22.4. The fourth-order valence-electron chi connectivity index (χ4n) is 6.35. The number of para-hydroxylation sites is 1. The molecule has 6 aromatic rings. The molecule has 0 N–H and O–H groups in total. The van der Waals surface area contributed by atoms with Gasteiger partial charge in [0.05, 0.1) is 23.4 Å². The van der Waals surface area contributed by atoms with Crippen molar-refractivity contribution in [2.24, 2.45) is 0 Å². The predicted molar refractivity (Wildman–Crippen MR) is 161 cm³/mol. The molecule has 6 nitrogen and oxygen atoms in total. The number of anilines is 3. The van der Waals surface area contributed by atoms with E-state index >= 15 is 0 Å². The van der Waals surface area contributed by atoms with Crippen molar-refractivity contribution in [1.82, 2.24) is 14.5 Å². The summed E-state index contributed by atoms with van der Waals surface area (Å²) in [6, 6.07) is 29.8. The highest BCUT2D eigenvalue weighted by molar-refractivity contribution is 7.02. The van der Waals surface area contributed by atoms with Gasteiger partial charge in [-0.3, -0.25) is 4.57 Å². The predicted octanol–water partition coefficient (Wildman–Crippen LogP) is 6.05. The Morgan fingerprint density at radius 2 is 1.51 bits per heavy atom. The Labute approximate surface area is 227 Å². The smallest absolute Gasteiger partial charge is 0.158 e. The first-order valence-corrected chi connectivity index (χ1v) is 16.3. The molecule has 5 heterocycles. The monoisotopic (exact) mass is 525 g/mol. The van der Waals surface area contributed by atoms with Crippen LogP contribution in [0.25, 0.3) is 27.6 Å². The minimum atomic E-state index is -1.88. The van der Waals surface area contributed by atoms with E-state index in [9.17, 15) is 0 Å². The third-order valence-corrected chi connectivity index (χ3v) is 11.7. The van der Waals surface area contributed by atoms with Gasteiger partial charge in [0, 0.05) is 48.0 Å². The van der Waals surface area contributed by atoms with Crippen molar-refractivity contribution in [2.75, 3.05) is 23.5 Å². The van der Waals surface area contributed by atoms with E-state index in [1.165, 1.54) is 26.7 Å². The van der Waals surface area contributed by atoms with Crippen LogP contribution in [0.3, 0.4) is 0 Å². The number of pyridine rings is 2. The molecule has 2 aliphatic heterocycles. The van der Waals surface area contributed by atoms with Crippen LogP contribution in [-0.4, -0.2) is 36.3 Å². The van der Waals surface area contributed by atoms with Gasteiger partial charge in [-0.05, 0) is 52.8 Å². The molecular formula is C32H27N5OSi. The van der Waals surface area contributed by atoms with E-state index in [-0.39, 0.29) is 0 Å². The van der Waals surface area contributed by atoms with Gasteiger partial charge < -0.3 is 14.5 Å². The second-order valence-corrected chi connectivity index (χ2v) is 15.3. The number of benzene rings is 3. The maximum Gasteiger partial charge on any atom is 0.158 e. The minimum absolute atomic E-state index is 0.746. The van der Waals surface area contributed by atoms with E-state index in [0.717, 1.165) is 46.7 Å². The van der Waals surface area contributed by atoms with Gasteiger partial charge in [-0.2, -0.15) is 0 Å². The second kappa shape index (κ2) is 7.94. The molecule has 8 rings (SSSR count). The van der Waals surface area contributed by atoms with Crippen LogP contribution in [0.1, 0.15) is 0 Å². The number of hydrogen-bond donors (Lipinski definition) is 0. The standard InChI is InChI=1S/C32H27N5OSi/c1-35-20-36(31-26(35)11-6-16-33-31)21-8-4-9-22(18-21)38-23-14-15-24-25-10-5-12-28-30(25)37(27(24)19-23)32-29(39(28,2)3)13-7-17-34-32/h4-19H,20H2,1-3H3. The van der Waals surface area contributed by atoms with Crippen molar-refractivity contribution >= 4 is 57.4 Å². The average molecular weight is 526 g/mol. The van der Waals surface area contributed by atoms with Crippen molar-refractivity contribution < 1.29 is 4.74 Å². The average Bonchev–Trinajstić information content (AvgIpc) is 3.47. The minimum Gasteiger partial charge on any atom is -0.457 e. The van der Waals surface area contributed by atoms with Crippen LogP contribution < -0.4 is 24.9 Å². The Morgan fingerprint density at radius 3 is 2.41 bits per heavy atom. The molecule has 0 atom stereocenters. The maximum atomic E-state index is 6.49. The van der Waals surface area contributed by atoms with Crippen LogP contribution in [0.5, 0.6) is 11.5 Å². The lowest BCUT2D eigenvalue weighted by molar-refractivity contribution is 0.483.